The molecule has 2 aromatic rings. The van der Waals surface area contributed by atoms with Crippen molar-refractivity contribution in [3.8, 4) is 5.75 Å². The Morgan fingerprint density at radius 1 is 1.30 bits per heavy atom. The first-order valence-corrected chi connectivity index (χ1v) is 10.9. The SMILES string of the molecule is COc1ccc(Cl)cc1CN(C)C(=O)c1ccccc1CSC1=NCCS1. The van der Waals surface area contributed by atoms with Crippen LogP contribution in [-0.4, -0.2) is 41.6 Å². The van der Waals surface area contributed by atoms with Gasteiger partial charge in [0.1, 0.15) is 10.1 Å². The second-order valence-corrected chi connectivity index (χ2v) is 8.80. The van der Waals surface area contributed by atoms with E-state index in [-0.39, 0.29) is 5.91 Å². The van der Waals surface area contributed by atoms with E-state index >= 15 is 0 Å². The zero-order valence-corrected chi connectivity index (χ0v) is 17.7. The number of methoxy groups -OCH3 is 1. The molecule has 1 aliphatic rings. The van der Waals surface area contributed by atoms with Crippen molar-refractivity contribution in [3.63, 3.8) is 0 Å². The molecule has 0 N–H and O–H groups in total. The molecule has 0 saturated carbocycles. The van der Waals surface area contributed by atoms with Gasteiger partial charge in [-0.05, 0) is 29.8 Å². The number of nitrogens with zero attached hydrogens (tertiary/aromatic N) is 2. The Kier molecular flexibility index (Phi) is 7.10. The average molecular weight is 421 g/mol. The Balaban J connectivity index is 1.74. The maximum atomic E-state index is 13.1. The van der Waals surface area contributed by atoms with E-state index in [2.05, 4.69) is 4.99 Å². The molecule has 0 aromatic heterocycles. The zero-order valence-electron chi connectivity index (χ0n) is 15.3. The minimum absolute atomic E-state index is 0.0192. The van der Waals surface area contributed by atoms with Crippen LogP contribution >= 0.6 is 35.1 Å². The Morgan fingerprint density at radius 2 is 2.11 bits per heavy atom. The highest BCUT2D eigenvalue weighted by Crippen LogP contribution is 2.28. The molecule has 0 atom stereocenters. The van der Waals surface area contributed by atoms with Crippen molar-refractivity contribution in [1.82, 2.24) is 4.90 Å². The van der Waals surface area contributed by atoms with E-state index in [0.29, 0.717) is 11.6 Å². The highest BCUT2D eigenvalue weighted by Gasteiger charge is 2.18. The van der Waals surface area contributed by atoms with E-state index < -0.39 is 0 Å². The van der Waals surface area contributed by atoms with Gasteiger partial charge in [-0.15, -0.1) is 0 Å². The van der Waals surface area contributed by atoms with E-state index in [4.69, 9.17) is 16.3 Å². The van der Waals surface area contributed by atoms with Crippen molar-refractivity contribution < 1.29 is 9.53 Å². The second-order valence-electron chi connectivity index (χ2n) is 6.06. The molecule has 142 valence electrons. The van der Waals surface area contributed by atoms with Crippen molar-refractivity contribution >= 4 is 45.4 Å². The van der Waals surface area contributed by atoms with Crippen LogP contribution in [0.15, 0.2) is 47.5 Å². The number of amides is 1. The number of aliphatic imine (C=N–C) groups is 1. The van der Waals surface area contributed by atoms with Crippen LogP contribution < -0.4 is 4.74 Å². The third-order valence-electron chi connectivity index (χ3n) is 4.15. The lowest BCUT2D eigenvalue weighted by Gasteiger charge is -2.20. The van der Waals surface area contributed by atoms with Gasteiger partial charge in [0.15, 0.2) is 0 Å². The van der Waals surface area contributed by atoms with Crippen molar-refractivity contribution in [2.75, 3.05) is 26.5 Å². The number of thioether (sulfide) groups is 2. The van der Waals surface area contributed by atoms with Crippen LogP contribution in [-0.2, 0) is 12.3 Å². The third-order valence-corrected chi connectivity index (χ3v) is 6.69. The Hall–Kier alpha value is -1.63. The molecule has 7 heteroatoms. The summed E-state index contributed by atoms with van der Waals surface area (Å²) in [5.41, 5.74) is 2.62. The van der Waals surface area contributed by atoms with Gasteiger partial charge in [-0.1, -0.05) is 53.3 Å². The highest BCUT2D eigenvalue weighted by molar-refractivity contribution is 8.38. The van der Waals surface area contributed by atoms with Crippen molar-refractivity contribution in [1.29, 1.82) is 0 Å². The number of hydrogen-bond donors (Lipinski definition) is 0. The Morgan fingerprint density at radius 3 is 2.85 bits per heavy atom. The number of rotatable bonds is 6. The molecule has 0 spiro atoms. The summed E-state index contributed by atoms with van der Waals surface area (Å²) >= 11 is 9.59. The predicted octanol–water partition coefficient (Wildman–Crippen LogP) is 4.96. The predicted molar refractivity (Wildman–Crippen MR) is 116 cm³/mol. The molecule has 0 fully saturated rings. The molecule has 3 rings (SSSR count). The molecule has 27 heavy (non-hydrogen) atoms. The van der Waals surface area contributed by atoms with Crippen LogP contribution in [0.4, 0.5) is 0 Å². The fourth-order valence-corrected chi connectivity index (χ4v) is 5.01. The minimum atomic E-state index is -0.0192. The number of benzene rings is 2. The number of ether oxygens (including phenoxy) is 1. The number of carbonyl (C=O) groups excluding carboxylic acids is 1. The van der Waals surface area contributed by atoms with Crippen LogP contribution in [0.25, 0.3) is 0 Å². The summed E-state index contributed by atoms with van der Waals surface area (Å²) in [6.07, 6.45) is 0. The normalized spacial score (nSPS) is 13.4. The van der Waals surface area contributed by atoms with Crippen LogP contribution in [0, 0.1) is 0 Å². The largest absolute Gasteiger partial charge is 0.496 e. The molecule has 0 radical (unpaired) electrons. The molecular weight excluding hydrogens is 400 g/mol. The van der Waals surface area contributed by atoms with E-state index in [1.165, 1.54) is 0 Å². The highest BCUT2D eigenvalue weighted by atomic mass is 35.5. The lowest BCUT2D eigenvalue weighted by molar-refractivity contribution is 0.0783. The number of halogens is 1. The summed E-state index contributed by atoms with van der Waals surface area (Å²) in [6, 6.07) is 13.2. The molecule has 0 unspecified atom stereocenters. The summed E-state index contributed by atoms with van der Waals surface area (Å²) < 4.78 is 6.50. The van der Waals surface area contributed by atoms with Crippen molar-refractivity contribution in [2.24, 2.45) is 4.99 Å². The van der Waals surface area contributed by atoms with E-state index in [1.807, 2.05) is 36.4 Å². The summed E-state index contributed by atoms with van der Waals surface area (Å²) in [7, 11) is 3.41. The lowest BCUT2D eigenvalue weighted by atomic mass is 10.1. The second kappa shape index (κ2) is 9.53. The van der Waals surface area contributed by atoms with Gasteiger partial charge < -0.3 is 9.64 Å². The first kappa shape index (κ1) is 20.1. The monoisotopic (exact) mass is 420 g/mol. The van der Waals surface area contributed by atoms with Gasteiger partial charge in [-0.3, -0.25) is 9.79 Å². The average Bonchev–Trinajstić information content (AvgIpc) is 3.20. The third kappa shape index (κ3) is 5.21. The first-order valence-electron chi connectivity index (χ1n) is 8.54. The van der Waals surface area contributed by atoms with Gasteiger partial charge >= 0.3 is 0 Å². The Labute approximate surface area is 173 Å². The lowest BCUT2D eigenvalue weighted by Crippen LogP contribution is -2.27. The molecule has 0 saturated heterocycles. The van der Waals surface area contributed by atoms with Crippen LogP contribution in [0.5, 0.6) is 5.75 Å². The summed E-state index contributed by atoms with van der Waals surface area (Å²) in [4.78, 5) is 19.2. The van der Waals surface area contributed by atoms with Crippen LogP contribution in [0.2, 0.25) is 5.02 Å². The number of hydrogen-bond acceptors (Lipinski definition) is 5. The molecule has 1 heterocycles. The van der Waals surface area contributed by atoms with E-state index in [1.54, 1.807) is 48.6 Å². The molecule has 0 aliphatic carbocycles. The van der Waals surface area contributed by atoms with Gasteiger partial charge in [-0.25, -0.2) is 0 Å². The molecule has 1 aliphatic heterocycles. The summed E-state index contributed by atoms with van der Waals surface area (Å²) in [5.74, 6) is 2.49. The van der Waals surface area contributed by atoms with E-state index in [9.17, 15) is 4.79 Å². The standard InChI is InChI=1S/C20H21ClN2O2S2/c1-23(12-15-11-16(21)7-8-18(15)25-2)19(24)17-6-4-3-5-14(17)13-27-20-22-9-10-26-20/h3-8,11H,9-10,12-13H2,1-2H3. The Bertz CT molecular complexity index is 858. The number of carbonyl (C=O) groups is 1. The molecule has 1 amide bonds. The first-order chi connectivity index (χ1) is 13.1. The zero-order chi connectivity index (χ0) is 19.2. The van der Waals surface area contributed by atoms with E-state index in [0.717, 1.165) is 44.9 Å². The molecule has 0 bridgehead atoms. The van der Waals surface area contributed by atoms with Crippen LogP contribution in [0.1, 0.15) is 21.5 Å². The fraction of sp³-hybridized carbons (Fsp3) is 0.300. The minimum Gasteiger partial charge on any atom is -0.496 e. The fourth-order valence-electron chi connectivity index (χ4n) is 2.80. The topological polar surface area (TPSA) is 41.9 Å². The van der Waals surface area contributed by atoms with Gasteiger partial charge in [-0.2, -0.15) is 0 Å². The van der Waals surface area contributed by atoms with Gasteiger partial charge in [0.05, 0.1) is 13.7 Å². The van der Waals surface area contributed by atoms with Crippen LogP contribution in [0.3, 0.4) is 0 Å². The van der Waals surface area contributed by atoms with Crippen molar-refractivity contribution in [2.45, 2.75) is 12.3 Å². The van der Waals surface area contributed by atoms with Crippen molar-refractivity contribution in [3.05, 3.63) is 64.2 Å². The van der Waals surface area contributed by atoms with Gasteiger partial charge in [0.2, 0.25) is 0 Å². The van der Waals surface area contributed by atoms with Gasteiger partial charge in [0.25, 0.3) is 5.91 Å². The molecular formula is C20H21ClN2O2S2. The molecule has 4 nitrogen and oxygen atoms in total. The summed E-state index contributed by atoms with van der Waals surface area (Å²) in [5, 5.41) is 0.623. The quantitative estimate of drug-likeness (QED) is 0.662. The van der Waals surface area contributed by atoms with Gasteiger partial charge in [0, 0.05) is 41.2 Å². The molecule has 2 aromatic carbocycles. The summed E-state index contributed by atoms with van der Waals surface area (Å²) in [6.45, 7) is 1.31. The maximum Gasteiger partial charge on any atom is 0.254 e. The maximum absolute atomic E-state index is 13.1. The smallest absolute Gasteiger partial charge is 0.254 e.